The summed E-state index contributed by atoms with van der Waals surface area (Å²) in [6, 6.07) is 19.2. The van der Waals surface area contributed by atoms with Gasteiger partial charge in [-0.15, -0.1) is 0 Å². The van der Waals surface area contributed by atoms with Crippen molar-refractivity contribution in [3.8, 4) is 0 Å². The molecule has 0 heterocycles. The number of anilines is 1. The van der Waals surface area contributed by atoms with Gasteiger partial charge in [0.15, 0.2) is 5.11 Å². The van der Waals surface area contributed by atoms with Crippen LogP contribution in [0.2, 0.25) is 0 Å². The fourth-order valence-electron chi connectivity index (χ4n) is 2.59. The van der Waals surface area contributed by atoms with E-state index in [1.54, 1.807) is 0 Å². The van der Waals surface area contributed by atoms with Gasteiger partial charge in [0.25, 0.3) is 0 Å². The Labute approximate surface area is 151 Å². The van der Waals surface area contributed by atoms with Crippen LogP contribution in [0.5, 0.6) is 0 Å². The van der Waals surface area contributed by atoms with Gasteiger partial charge in [-0.25, -0.2) is 0 Å². The minimum atomic E-state index is 0.272. The summed E-state index contributed by atoms with van der Waals surface area (Å²) in [6.07, 6.45) is 0. The van der Waals surface area contributed by atoms with Gasteiger partial charge in [-0.1, -0.05) is 56.3 Å². The Morgan fingerprint density at radius 1 is 0.958 bits per heavy atom. The van der Waals surface area contributed by atoms with Crippen molar-refractivity contribution in [2.75, 3.05) is 26.0 Å². The molecule has 0 aromatic heterocycles. The fourth-order valence-corrected chi connectivity index (χ4v) is 2.79. The lowest BCUT2D eigenvalue weighted by Crippen LogP contribution is -2.36. The minimum absolute atomic E-state index is 0.272. The van der Waals surface area contributed by atoms with E-state index >= 15 is 0 Å². The van der Waals surface area contributed by atoms with Crippen molar-refractivity contribution in [3.05, 3.63) is 65.7 Å². The van der Waals surface area contributed by atoms with E-state index in [9.17, 15) is 0 Å². The van der Waals surface area contributed by atoms with Gasteiger partial charge in [-0.2, -0.15) is 0 Å². The van der Waals surface area contributed by atoms with Gasteiger partial charge in [0.05, 0.1) is 6.04 Å². The summed E-state index contributed by atoms with van der Waals surface area (Å²) in [5.41, 5.74) is 3.62. The summed E-state index contributed by atoms with van der Waals surface area (Å²) in [6.45, 7) is 5.14. The minimum Gasteiger partial charge on any atom is -0.361 e. The van der Waals surface area contributed by atoms with Crippen molar-refractivity contribution >= 4 is 23.0 Å². The Balaban J connectivity index is 1.91. The SMILES string of the molecule is CC(C)c1ccc(NC(=S)NC[C@@H](c2ccccc2)N(C)C)cc1. The third kappa shape index (κ3) is 5.32. The van der Waals surface area contributed by atoms with Gasteiger partial charge in [-0.05, 0) is 55.5 Å². The number of hydrogen-bond acceptors (Lipinski definition) is 2. The molecule has 0 unspecified atom stereocenters. The maximum Gasteiger partial charge on any atom is 0.170 e. The molecule has 128 valence electrons. The smallest absolute Gasteiger partial charge is 0.170 e. The average molecular weight is 342 g/mol. The zero-order chi connectivity index (χ0) is 17.5. The molecular formula is C20H27N3S. The maximum atomic E-state index is 5.43. The highest BCUT2D eigenvalue weighted by atomic mass is 32.1. The van der Waals surface area contributed by atoms with E-state index in [1.165, 1.54) is 11.1 Å². The van der Waals surface area contributed by atoms with Gasteiger partial charge in [0, 0.05) is 12.2 Å². The number of likely N-dealkylation sites (N-methyl/N-ethyl adjacent to an activating group) is 1. The van der Waals surface area contributed by atoms with Gasteiger partial charge in [-0.3, -0.25) is 0 Å². The summed E-state index contributed by atoms with van der Waals surface area (Å²) >= 11 is 5.43. The molecule has 24 heavy (non-hydrogen) atoms. The number of hydrogen-bond donors (Lipinski definition) is 2. The standard InChI is InChI=1S/C20H27N3S/c1-15(2)16-10-12-18(13-11-16)22-20(24)21-14-19(23(3)4)17-8-6-5-7-9-17/h5-13,15,19H,14H2,1-4H3,(H2,21,22,24)/t19-/m0/s1. The molecule has 2 aromatic rings. The first-order valence-electron chi connectivity index (χ1n) is 8.33. The molecule has 0 aliphatic heterocycles. The number of nitrogens with zero attached hydrogens (tertiary/aromatic N) is 1. The molecule has 0 aliphatic rings. The highest BCUT2D eigenvalue weighted by Gasteiger charge is 2.14. The van der Waals surface area contributed by atoms with Crippen LogP contribution in [0, 0.1) is 0 Å². The molecule has 0 aliphatic carbocycles. The van der Waals surface area contributed by atoms with E-state index in [2.05, 4.69) is 92.0 Å². The summed E-state index contributed by atoms with van der Waals surface area (Å²) < 4.78 is 0. The topological polar surface area (TPSA) is 27.3 Å². The van der Waals surface area contributed by atoms with Crippen molar-refractivity contribution in [1.82, 2.24) is 10.2 Å². The zero-order valence-corrected chi connectivity index (χ0v) is 15.7. The van der Waals surface area contributed by atoms with Gasteiger partial charge < -0.3 is 15.5 Å². The number of nitrogens with one attached hydrogen (secondary N) is 2. The Bertz CT molecular complexity index is 636. The molecule has 2 aromatic carbocycles. The predicted molar refractivity (Wildman–Crippen MR) is 108 cm³/mol. The molecule has 0 bridgehead atoms. The number of thiocarbonyl (C=S) groups is 1. The van der Waals surface area contributed by atoms with Crippen LogP contribution >= 0.6 is 12.2 Å². The summed E-state index contributed by atoms with van der Waals surface area (Å²) in [5.74, 6) is 0.538. The van der Waals surface area contributed by atoms with Crippen LogP contribution in [0.1, 0.15) is 36.9 Å². The van der Waals surface area contributed by atoms with E-state index in [0.29, 0.717) is 11.0 Å². The highest BCUT2D eigenvalue weighted by molar-refractivity contribution is 7.80. The third-order valence-corrected chi connectivity index (χ3v) is 4.35. The second-order valence-electron chi connectivity index (χ2n) is 6.50. The molecule has 2 N–H and O–H groups in total. The first kappa shape index (κ1) is 18.4. The maximum absolute atomic E-state index is 5.43. The Hall–Kier alpha value is -1.91. The molecule has 4 heteroatoms. The fraction of sp³-hybridized carbons (Fsp3) is 0.350. The van der Waals surface area contributed by atoms with E-state index in [1.807, 2.05) is 6.07 Å². The average Bonchev–Trinajstić information content (AvgIpc) is 2.56. The first-order valence-corrected chi connectivity index (χ1v) is 8.74. The van der Waals surface area contributed by atoms with Crippen molar-refractivity contribution in [2.24, 2.45) is 0 Å². The Morgan fingerprint density at radius 2 is 1.58 bits per heavy atom. The summed E-state index contributed by atoms with van der Waals surface area (Å²) in [4.78, 5) is 2.20. The van der Waals surface area contributed by atoms with E-state index < -0.39 is 0 Å². The van der Waals surface area contributed by atoms with Crippen molar-refractivity contribution in [2.45, 2.75) is 25.8 Å². The summed E-state index contributed by atoms with van der Waals surface area (Å²) in [7, 11) is 4.17. The van der Waals surface area contributed by atoms with Crippen LogP contribution in [-0.4, -0.2) is 30.7 Å². The molecule has 0 spiro atoms. The first-order chi connectivity index (χ1) is 11.5. The largest absolute Gasteiger partial charge is 0.361 e. The lowest BCUT2D eigenvalue weighted by molar-refractivity contribution is 0.299. The number of rotatable bonds is 6. The monoisotopic (exact) mass is 341 g/mol. The molecule has 1 atom stereocenters. The second-order valence-corrected chi connectivity index (χ2v) is 6.91. The van der Waals surface area contributed by atoms with Gasteiger partial charge >= 0.3 is 0 Å². The molecule has 3 nitrogen and oxygen atoms in total. The molecule has 2 rings (SSSR count). The van der Waals surface area contributed by atoms with Crippen LogP contribution < -0.4 is 10.6 Å². The van der Waals surface area contributed by atoms with Crippen LogP contribution in [0.3, 0.4) is 0 Å². The van der Waals surface area contributed by atoms with Crippen LogP contribution in [-0.2, 0) is 0 Å². The highest BCUT2D eigenvalue weighted by Crippen LogP contribution is 2.18. The molecular weight excluding hydrogens is 314 g/mol. The molecule has 0 saturated carbocycles. The van der Waals surface area contributed by atoms with Gasteiger partial charge in [0.2, 0.25) is 0 Å². The normalized spacial score (nSPS) is 12.2. The van der Waals surface area contributed by atoms with Crippen molar-refractivity contribution in [1.29, 1.82) is 0 Å². The van der Waals surface area contributed by atoms with Crippen LogP contribution in [0.4, 0.5) is 5.69 Å². The summed E-state index contributed by atoms with van der Waals surface area (Å²) in [5, 5.41) is 7.23. The van der Waals surface area contributed by atoms with Crippen molar-refractivity contribution < 1.29 is 0 Å². The third-order valence-electron chi connectivity index (χ3n) is 4.10. The van der Waals surface area contributed by atoms with Crippen LogP contribution in [0.15, 0.2) is 54.6 Å². The van der Waals surface area contributed by atoms with E-state index in [-0.39, 0.29) is 6.04 Å². The Morgan fingerprint density at radius 3 is 2.12 bits per heavy atom. The van der Waals surface area contributed by atoms with E-state index in [0.717, 1.165) is 12.2 Å². The van der Waals surface area contributed by atoms with Gasteiger partial charge in [0.1, 0.15) is 0 Å². The molecule has 0 amide bonds. The quantitative estimate of drug-likeness (QED) is 0.762. The lowest BCUT2D eigenvalue weighted by atomic mass is 10.0. The van der Waals surface area contributed by atoms with Crippen LogP contribution in [0.25, 0.3) is 0 Å². The second kappa shape index (κ2) is 8.81. The zero-order valence-electron chi connectivity index (χ0n) is 14.9. The predicted octanol–water partition coefficient (Wildman–Crippen LogP) is 4.40. The molecule has 0 radical (unpaired) electrons. The molecule has 0 saturated heterocycles. The lowest BCUT2D eigenvalue weighted by Gasteiger charge is -2.25. The number of benzene rings is 2. The molecule has 0 fully saturated rings. The van der Waals surface area contributed by atoms with E-state index in [4.69, 9.17) is 12.2 Å². The Kier molecular flexibility index (Phi) is 6.76. The van der Waals surface area contributed by atoms with Crippen molar-refractivity contribution in [3.63, 3.8) is 0 Å².